The molecule has 2 fully saturated rings. The van der Waals surface area contributed by atoms with Gasteiger partial charge in [0.15, 0.2) is 5.78 Å². The van der Waals surface area contributed by atoms with Gasteiger partial charge in [-0.05, 0) is 73.9 Å². The van der Waals surface area contributed by atoms with Crippen molar-refractivity contribution in [2.24, 2.45) is 11.8 Å². The van der Waals surface area contributed by atoms with Gasteiger partial charge in [0.1, 0.15) is 5.75 Å². The van der Waals surface area contributed by atoms with E-state index in [9.17, 15) is 15.0 Å². The average molecular weight is 365 g/mol. The first-order valence-electron chi connectivity index (χ1n) is 9.73. The highest BCUT2D eigenvalue weighted by molar-refractivity contribution is 5.99. The molecule has 0 aromatic heterocycles. The van der Waals surface area contributed by atoms with E-state index in [1.54, 1.807) is 24.3 Å². The zero-order valence-corrected chi connectivity index (χ0v) is 15.9. The molecular weight excluding hydrogens is 338 g/mol. The molecule has 0 spiro atoms. The van der Waals surface area contributed by atoms with E-state index in [-0.39, 0.29) is 17.6 Å². The highest BCUT2D eigenvalue weighted by Crippen LogP contribution is 2.50. The summed E-state index contributed by atoms with van der Waals surface area (Å²) in [5.74, 6) is 1.10. The number of carbonyl (C=O) groups is 1. The molecule has 1 heterocycles. The number of aryl methyl sites for hydroxylation is 1. The van der Waals surface area contributed by atoms with Gasteiger partial charge >= 0.3 is 0 Å². The van der Waals surface area contributed by atoms with Crippen LogP contribution in [0.25, 0.3) is 0 Å². The monoisotopic (exact) mass is 365 g/mol. The number of Topliss-reactive ketones (excluding diaryl/α,β-unsaturated/α-hetero) is 1. The van der Waals surface area contributed by atoms with E-state index >= 15 is 0 Å². The highest BCUT2D eigenvalue weighted by atomic mass is 16.3. The normalized spacial score (nSPS) is 28.9. The van der Waals surface area contributed by atoms with Crippen molar-refractivity contribution in [1.29, 1.82) is 0 Å². The van der Waals surface area contributed by atoms with Crippen molar-refractivity contribution in [3.05, 3.63) is 65.2 Å². The molecule has 2 aliphatic rings. The first-order valence-corrected chi connectivity index (χ1v) is 9.73. The number of ketones is 1. The maximum Gasteiger partial charge on any atom is 0.179 e. The molecule has 4 nitrogen and oxygen atoms in total. The van der Waals surface area contributed by atoms with Crippen LogP contribution in [0.4, 0.5) is 0 Å². The maximum absolute atomic E-state index is 12.8. The lowest BCUT2D eigenvalue weighted by atomic mass is 9.87. The third-order valence-electron chi connectivity index (χ3n) is 6.53. The van der Waals surface area contributed by atoms with Crippen LogP contribution >= 0.6 is 0 Å². The molecule has 0 radical (unpaired) electrons. The van der Waals surface area contributed by atoms with Crippen LogP contribution in [0.2, 0.25) is 0 Å². The molecule has 2 aromatic carbocycles. The van der Waals surface area contributed by atoms with Crippen molar-refractivity contribution in [2.75, 3.05) is 13.1 Å². The number of nitrogens with zero attached hydrogens (tertiary/aromatic N) is 1. The fraction of sp³-hybridized carbons (Fsp3) is 0.435. The van der Waals surface area contributed by atoms with Gasteiger partial charge < -0.3 is 10.2 Å². The highest BCUT2D eigenvalue weighted by Gasteiger charge is 2.50. The Morgan fingerprint density at radius 1 is 1.07 bits per heavy atom. The van der Waals surface area contributed by atoms with E-state index in [1.165, 1.54) is 0 Å². The van der Waals surface area contributed by atoms with E-state index in [0.29, 0.717) is 17.4 Å². The average Bonchev–Trinajstić information content (AvgIpc) is 3.17. The van der Waals surface area contributed by atoms with Gasteiger partial charge in [0.25, 0.3) is 0 Å². The van der Waals surface area contributed by atoms with Crippen LogP contribution in [0, 0.1) is 18.8 Å². The molecule has 3 atom stereocenters. The summed E-state index contributed by atoms with van der Waals surface area (Å²) in [5, 5.41) is 20.7. The third kappa shape index (κ3) is 3.28. The quantitative estimate of drug-likeness (QED) is 0.814. The summed E-state index contributed by atoms with van der Waals surface area (Å²) >= 11 is 0. The van der Waals surface area contributed by atoms with Crippen LogP contribution in [0.1, 0.15) is 41.3 Å². The van der Waals surface area contributed by atoms with Gasteiger partial charge in [-0.3, -0.25) is 9.69 Å². The number of hydrogen-bond acceptors (Lipinski definition) is 4. The van der Waals surface area contributed by atoms with Crippen LogP contribution in [0.15, 0.2) is 48.5 Å². The number of benzene rings is 2. The Balaban J connectivity index is 1.44. The van der Waals surface area contributed by atoms with Crippen molar-refractivity contribution < 1.29 is 15.0 Å². The summed E-state index contributed by atoms with van der Waals surface area (Å²) in [7, 11) is 0. The Bertz CT molecular complexity index is 831. The molecule has 4 rings (SSSR count). The second-order valence-corrected chi connectivity index (χ2v) is 8.32. The minimum atomic E-state index is -0.739. The van der Waals surface area contributed by atoms with Gasteiger partial charge in [0.2, 0.25) is 0 Å². The summed E-state index contributed by atoms with van der Waals surface area (Å²) in [5.41, 5.74) is 2.09. The van der Waals surface area contributed by atoms with Gasteiger partial charge in [-0.25, -0.2) is 0 Å². The van der Waals surface area contributed by atoms with Crippen molar-refractivity contribution >= 4 is 5.78 Å². The zero-order chi connectivity index (χ0) is 19.2. The van der Waals surface area contributed by atoms with E-state index in [1.807, 2.05) is 25.1 Å². The van der Waals surface area contributed by atoms with Crippen LogP contribution in [0.5, 0.6) is 5.75 Å². The van der Waals surface area contributed by atoms with Crippen molar-refractivity contribution in [3.8, 4) is 5.75 Å². The zero-order valence-electron chi connectivity index (χ0n) is 15.9. The predicted octanol–water partition coefficient (Wildman–Crippen LogP) is 3.50. The van der Waals surface area contributed by atoms with E-state index in [2.05, 4.69) is 17.9 Å². The number of aromatic hydroxyl groups is 1. The Hall–Kier alpha value is -2.17. The maximum atomic E-state index is 12.8. The molecular formula is C23H27NO3. The lowest BCUT2D eigenvalue weighted by Crippen LogP contribution is -2.39. The minimum absolute atomic E-state index is 0.0872. The number of carbonyl (C=O) groups excluding carboxylic acids is 1. The molecule has 2 aromatic rings. The standard InChI is InChI=1S/C23H27NO3/c1-15-5-3-4-6-21(15)23(27)11-18-13-24(14-19(18)12-23)16(2)22(26)17-7-9-20(25)10-8-17/h3-10,16,18-19,25,27H,11-14H2,1-2H3. The van der Waals surface area contributed by atoms with Crippen molar-refractivity contribution in [1.82, 2.24) is 4.90 Å². The second-order valence-electron chi connectivity index (χ2n) is 8.32. The molecule has 0 amide bonds. The predicted molar refractivity (Wildman–Crippen MR) is 105 cm³/mol. The Kier molecular flexibility index (Phi) is 4.57. The van der Waals surface area contributed by atoms with Crippen LogP contribution in [-0.4, -0.2) is 40.0 Å². The summed E-state index contributed by atoms with van der Waals surface area (Å²) in [6.45, 7) is 5.73. The van der Waals surface area contributed by atoms with E-state index < -0.39 is 5.60 Å². The number of fused-ring (bicyclic) bond motifs is 1. The molecule has 142 valence electrons. The molecule has 1 saturated heterocycles. The number of rotatable bonds is 4. The number of phenolic OH excluding ortho intramolecular Hbond substituents is 1. The molecule has 1 saturated carbocycles. The van der Waals surface area contributed by atoms with Crippen molar-refractivity contribution in [2.45, 2.75) is 38.3 Å². The van der Waals surface area contributed by atoms with Gasteiger partial charge in [0, 0.05) is 18.7 Å². The molecule has 2 N–H and O–H groups in total. The molecule has 3 unspecified atom stereocenters. The summed E-state index contributed by atoms with van der Waals surface area (Å²) < 4.78 is 0. The topological polar surface area (TPSA) is 60.8 Å². The Labute approximate surface area is 160 Å². The molecule has 1 aliphatic carbocycles. The Morgan fingerprint density at radius 2 is 1.67 bits per heavy atom. The largest absolute Gasteiger partial charge is 0.508 e. The number of hydrogen-bond donors (Lipinski definition) is 2. The lowest BCUT2D eigenvalue weighted by Gasteiger charge is -2.29. The number of phenols is 1. The second kappa shape index (κ2) is 6.77. The molecule has 0 bridgehead atoms. The lowest BCUT2D eigenvalue weighted by molar-refractivity contribution is 0.0292. The smallest absolute Gasteiger partial charge is 0.179 e. The summed E-state index contributed by atoms with van der Waals surface area (Å²) in [6.07, 6.45) is 1.53. The third-order valence-corrected chi connectivity index (χ3v) is 6.53. The van der Waals surface area contributed by atoms with Crippen LogP contribution in [0.3, 0.4) is 0 Å². The fourth-order valence-corrected chi connectivity index (χ4v) is 5.05. The molecule has 1 aliphatic heterocycles. The van der Waals surface area contributed by atoms with Crippen LogP contribution < -0.4 is 0 Å². The molecule has 27 heavy (non-hydrogen) atoms. The van der Waals surface area contributed by atoms with Gasteiger partial charge in [0.05, 0.1) is 11.6 Å². The van der Waals surface area contributed by atoms with Crippen molar-refractivity contribution in [3.63, 3.8) is 0 Å². The first kappa shape index (κ1) is 18.2. The number of aliphatic hydroxyl groups is 1. The number of likely N-dealkylation sites (tertiary alicyclic amines) is 1. The van der Waals surface area contributed by atoms with Crippen LogP contribution in [-0.2, 0) is 5.60 Å². The van der Waals surface area contributed by atoms with Gasteiger partial charge in [-0.15, -0.1) is 0 Å². The van der Waals surface area contributed by atoms with Gasteiger partial charge in [-0.2, -0.15) is 0 Å². The SMILES string of the molecule is Cc1ccccc1C1(O)CC2CN(C(C)C(=O)c3ccc(O)cc3)CC2C1. The van der Waals surface area contributed by atoms with E-state index in [4.69, 9.17) is 0 Å². The summed E-state index contributed by atoms with van der Waals surface area (Å²) in [6, 6.07) is 14.4. The van der Waals surface area contributed by atoms with Gasteiger partial charge in [-0.1, -0.05) is 24.3 Å². The van der Waals surface area contributed by atoms with E-state index in [0.717, 1.165) is 37.1 Å². The Morgan fingerprint density at radius 3 is 2.26 bits per heavy atom. The molecule has 4 heteroatoms. The summed E-state index contributed by atoms with van der Waals surface area (Å²) in [4.78, 5) is 15.0. The fourth-order valence-electron chi connectivity index (χ4n) is 5.05. The first-order chi connectivity index (χ1) is 12.9. The minimum Gasteiger partial charge on any atom is -0.508 e.